The van der Waals surface area contributed by atoms with E-state index in [1.165, 1.54) is 19.1 Å². The Labute approximate surface area is 61.9 Å². The minimum absolute atomic E-state index is 0.0185. The van der Waals surface area contributed by atoms with Crippen molar-refractivity contribution in [2.24, 2.45) is 0 Å². The van der Waals surface area contributed by atoms with Gasteiger partial charge in [0.2, 0.25) is 0 Å². The summed E-state index contributed by atoms with van der Waals surface area (Å²) in [6.45, 7) is 9.65. The molecule has 0 rings (SSSR count). The monoisotopic (exact) mass is 142 g/mol. The van der Waals surface area contributed by atoms with Gasteiger partial charge >= 0.3 is 0 Å². The molecule has 0 amide bonds. The van der Waals surface area contributed by atoms with Crippen molar-refractivity contribution in [3.8, 4) is 0 Å². The highest BCUT2D eigenvalue weighted by Gasteiger charge is 1.75. The molecule has 0 fully saturated rings. The Hall–Kier alpha value is -0.890. The molecule has 0 spiro atoms. The summed E-state index contributed by atoms with van der Waals surface area (Å²) in [5.41, 5.74) is 0. The minimum Gasteiger partial charge on any atom is -0.389 e. The largest absolute Gasteiger partial charge is 0.389 e. The van der Waals surface area contributed by atoms with Crippen LogP contribution in [0.3, 0.4) is 0 Å². The summed E-state index contributed by atoms with van der Waals surface area (Å²) in [6, 6.07) is 0. The van der Waals surface area contributed by atoms with E-state index in [1.54, 1.807) is 6.92 Å². The first kappa shape index (κ1) is 11.9. The lowest BCUT2D eigenvalue weighted by Gasteiger charge is -1.84. The van der Waals surface area contributed by atoms with E-state index < -0.39 is 0 Å². The van der Waals surface area contributed by atoms with Crippen LogP contribution in [-0.2, 0) is 4.79 Å². The van der Waals surface area contributed by atoms with Crippen LogP contribution in [-0.4, -0.2) is 17.0 Å². The van der Waals surface area contributed by atoms with E-state index in [1.807, 2.05) is 0 Å². The highest BCUT2D eigenvalue weighted by atomic mass is 16.3. The third-order valence-corrected chi connectivity index (χ3v) is 0.629. The molecular formula is C8H14O2. The first-order valence-electron chi connectivity index (χ1n) is 2.98. The molecular weight excluding hydrogens is 128 g/mol. The second-order valence-corrected chi connectivity index (χ2v) is 1.79. The van der Waals surface area contributed by atoms with Crippen molar-refractivity contribution < 1.29 is 9.90 Å². The van der Waals surface area contributed by atoms with Crippen LogP contribution in [0.4, 0.5) is 0 Å². The Balaban J connectivity index is 0. The average molecular weight is 142 g/mol. The molecule has 0 aromatic rings. The number of rotatable bonds is 2. The molecule has 0 aliphatic heterocycles. The Bertz CT molecular complexity index is 114. The van der Waals surface area contributed by atoms with Crippen LogP contribution < -0.4 is 0 Å². The van der Waals surface area contributed by atoms with Crippen LogP contribution in [0.25, 0.3) is 0 Å². The number of carbonyl (C=O) groups excluding carboxylic acids is 1. The third-order valence-electron chi connectivity index (χ3n) is 0.629. The maximum Gasteiger partial charge on any atom is 0.152 e. The molecule has 2 nitrogen and oxygen atoms in total. The number of carbonyl (C=O) groups is 1. The lowest BCUT2D eigenvalue weighted by Crippen LogP contribution is -1.88. The van der Waals surface area contributed by atoms with Crippen molar-refractivity contribution in [2.45, 2.75) is 20.0 Å². The van der Waals surface area contributed by atoms with E-state index in [-0.39, 0.29) is 11.9 Å². The molecule has 0 aromatic carbocycles. The van der Waals surface area contributed by atoms with E-state index in [9.17, 15) is 4.79 Å². The first-order chi connectivity index (χ1) is 4.54. The van der Waals surface area contributed by atoms with Gasteiger partial charge in [-0.15, -0.1) is 6.58 Å². The zero-order valence-electron chi connectivity index (χ0n) is 6.50. The molecule has 10 heavy (non-hydrogen) atoms. The van der Waals surface area contributed by atoms with Gasteiger partial charge in [0.05, 0.1) is 6.10 Å². The first-order valence-corrected chi connectivity index (χ1v) is 2.98. The van der Waals surface area contributed by atoms with Gasteiger partial charge in [0.1, 0.15) is 0 Å². The van der Waals surface area contributed by atoms with Crippen molar-refractivity contribution >= 4 is 5.78 Å². The van der Waals surface area contributed by atoms with Crippen molar-refractivity contribution in [2.75, 3.05) is 0 Å². The van der Waals surface area contributed by atoms with Gasteiger partial charge in [-0.05, 0) is 19.9 Å². The van der Waals surface area contributed by atoms with Crippen LogP contribution in [0, 0.1) is 0 Å². The van der Waals surface area contributed by atoms with Crippen LogP contribution in [0.1, 0.15) is 13.8 Å². The maximum atomic E-state index is 9.69. The predicted octanol–water partition coefficient (Wildman–Crippen LogP) is 1.31. The molecule has 2 heteroatoms. The third kappa shape index (κ3) is 27.4. The van der Waals surface area contributed by atoms with Crippen molar-refractivity contribution in [3.63, 3.8) is 0 Å². The predicted molar refractivity (Wildman–Crippen MR) is 42.8 cm³/mol. The Morgan fingerprint density at radius 3 is 1.80 bits per heavy atom. The fourth-order valence-electron chi connectivity index (χ4n) is 0. The van der Waals surface area contributed by atoms with Crippen LogP contribution in [0.15, 0.2) is 25.3 Å². The molecule has 1 unspecified atom stereocenters. The van der Waals surface area contributed by atoms with Gasteiger partial charge in [-0.3, -0.25) is 4.79 Å². The average Bonchev–Trinajstić information content (AvgIpc) is 1.89. The highest BCUT2D eigenvalue weighted by Crippen LogP contribution is 1.73. The number of hydrogen-bond acceptors (Lipinski definition) is 2. The van der Waals surface area contributed by atoms with Gasteiger partial charge in [0.25, 0.3) is 0 Å². The molecule has 0 bridgehead atoms. The molecule has 1 N–H and O–H groups in total. The molecule has 0 aliphatic rings. The van der Waals surface area contributed by atoms with Gasteiger partial charge in [-0.25, -0.2) is 0 Å². The van der Waals surface area contributed by atoms with Gasteiger partial charge < -0.3 is 5.11 Å². The van der Waals surface area contributed by atoms with Crippen LogP contribution in [0.2, 0.25) is 0 Å². The molecule has 0 aromatic heterocycles. The normalized spacial score (nSPS) is 10.3. The Morgan fingerprint density at radius 2 is 1.80 bits per heavy atom. The summed E-state index contributed by atoms with van der Waals surface area (Å²) in [6.07, 6.45) is 2.40. The van der Waals surface area contributed by atoms with E-state index >= 15 is 0 Å². The summed E-state index contributed by atoms with van der Waals surface area (Å²) in [5.74, 6) is 0.0185. The summed E-state index contributed by atoms with van der Waals surface area (Å²) in [7, 11) is 0. The van der Waals surface area contributed by atoms with E-state index in [4.69, 9.17) is 5.11 Å². The smallest absolute Gasteiger partial charge is 0.152 e. The lowest BCUT2D eigenvalue weighted by molar-refractivity contribution is -0.112. The summed E-state index contributed by atoms with van der Waals surface area (Å²) in [5, 5.41) is 8.24. The molecule has 0 radical (unpaired) electrons. The second-order valence-electron chi connectivity index (χ2n) is 1.79. The summed E-state index contributed by atoms with van der Waals surface area (Å²) < 4.78 is 0. The molecule has 58 valence electrons. The number of hydrogen-bond donors (Lipinski definition) is 1. The fourth-order valence-corrected chi connectivity index (χ4v) is 0. The van der Waals surface area contributed by atoms with E-state index in [0.717, 1.165) is 0 Å². The lowest BCUT2D eigenvalue weighted by atomic mass is 10.4. The number of ketones is 1. The minimum atomic E-state index is -0.352. The number of aliphatic hydroxyl groups excluding tert-OH is 1. The summed E-state index contributed by atoms with van der Waals surface area (Å²) >= 11 is 0. The van der Waals surface area contributed by atoms with E-state index in [0.29, 0.717) is 0 Å². The zero-order valence-corrected chi connectivity index (χ0v) is 6.50. The number of allylic oxidation sites excluding steroid dienone is 1. The Morgan fingerprint density at radius 1 is 1.60 bits per heavy atom. The van der Waals surface area contributed by atoms with Gasteiger partial charge in [-0.2, -0.15) is 0 Å². The van der Waals surface area contributed by atoms with Crippen LogP contribution in [0.5, 0.6) is 0 Å². The molecule has 1 atom stereocenters. The van der Waals surface area contributed by atoms with Crippen LogP contribution >= 0.6 is 0 Å². The van der Waals surface area contributed by atoms with Gasteiger partial charge in [-0.1, -0.05) is 12.7 Å². The standard InChI is InChI=1S/C4H8O.C4H6O/c2*1-3-4(2)5/h3-5H,1H2,2H3;3H,1H2,2H3. The van der Waals surface area contributed by atoms with Crippen molar-refractivity contribution in [3.05, 3.63) is 25.3 Å². The topological polar surface area (TPSA) is 37.3 Å². The quantitative estimate of drug-likeness (QED) is 0.466. The van der Waals surface area contributed by atoms with Crippen molar-refractivity contribution in [1.29, 1.82) is 0 Å². The SMILES string of the molecule is C=CC(C)=O.C=CC(C)O. The molecule has 0 aliphatic carbocycles. The highest BCUT2D eigenvalue weighted by molar-refractivity contribution is 5.86. The maximum absolute atomic E-state index is 9.69. The molecule has 0 saturated carbocycles. The zero-order chi connectivity index (χ0) is 8.57. The van der Waals surface area contributed by atoms with E-state index in [2.05, 4.69) is 13.2 Å². The molecule has 0 heterocycles. The van der Waals surface area contributed by atoms with Gasteiger partial charge in [0.15, 0.2) is 5.78 Å². The number of aliphatic hydroxyl groups is 1. The van der Waals surface area contributed by atoms with Gasteiger partial charge in [0, 0.05) is 0 Å². The fraction of sp³-hybridized carbons (Fsp3) is 0.375. The van der Waals surface area contributed by atoms with Crippen molar-refractivity contribution in [1.82, 2.24) is 0 Å². The summed E-state index contributed by atoms with van der Waals surface area (Å²) in [4.78, 5) is 9.69. The Kier molecular flexibility index (Phi) is 9.61. The second kappa shape index (κ2) is 8.11. The molecule has 0 saturated heterocycles.